The molecule has 3 N–H and O–H groups in total. The third kappa shape index (κ3) is 4.10. The number of nitrogens with two attached hydrogens (primary N) is 1. The number of nitrogen functional groups attached to an aromatic ring is 1. The number of hydrogen-bond donors (Lipinski definition) is 2. The van der Waals surface area contributed by atoms with Crippen LogP contribution in [-0.4, -0.2) is 11.5 Å². The third-order valence-electron chi connectivity index (χ3n) is 3.37. The second-order valence-corrected chi connectivity index (χ2v) is 5.73. The summed E-state index contributed by atoms with van der Waals surface area (Å²) in [5.41, 5.74) is 8.70. The monoisotopic (exact) mass is 323 g/mol. The van der Waals surface area contributed by atoms with E-state index in [-0.39, 0.29) is 6.04 Å². The summed E-state index contributed by atoms with van der Waals surface area (Å²) in [7, 11) is 0. The zero-order chi connectivity index (χ0) is 15.2. The van der Waals surface area contributed by atoms with Gasteiger partial charge in [0.25, 0.3) is 0 Å². The molecule has 21 heavy (non-hydrogen) atoms. The molecule has 1 atom stereocenters. The van der Waals surface area contributed by atoms with Crippen molar-refractivity contribution >= 4 is 28.9 Å². The van der Waals surface area contributed by atoms with Crippen LogP contribution in [0.25, 0.3) is 0 Å². The van der Waals surface area contributed by atoms with Crippen molar-refractivity contribution in [3.05, 3.63) is 57.8 Å². The van der Waals surface area contributed by atoms with E-state index in [4.69, 9.17) is 28.9 Å². The molecule has 0 aliphatic carbocycles. The first-order valence-corrected chi connectivity index (χ1v) is 7.74. The van der Waals surface area contributed by atoms with Gasteiger partial charge in [-0.2, -0.15) is 0 Å². The normalized spacial score (nSPS) is 12.3. The van der Waals surface area contributed by atoms with Crippen molar-refractivity contribution in [1.29, 1.82) is 0 Å². The SMILES string of the molecule is CCCNC(Cc1c(Cl)cccc1Cl)c1cnccc1N. The van der Waals surface area contributed by atoms with Crippen molar-refractivity contribution in [3.8, 4) is 0 Å². The fourth-order valence-corrected chi connectivity index (χ4v) is 2.80. The van der Waals surface area contributed by atoms with Gasteiger partial charge in [-0.15, -0.1) is 0 Å². The Labute approximate surface area is 135 Å². The summed E-state index contributed by atoms with van der Waals surface area (Å²) in [5.74, 6) is 0. The van der Waals surface area contributed by atoms with E-state index >= 15 is 0 Å². The topological polar surface area (TPSA) is 50.9 Å². The van der Waals surface area contributed by atoms with Gasteiger partial charge in [0.05, 0.1) is 0 Å². The molecular formula is C16H19Cl2N3. The highest BCUT2D eigenvalue weighted by atomic mass is 35.5. The van der Waals surface area contributed by atoms with Crippen LogP contribution in [0.2, 0.25) is 10.0 Å². The zero-order valence-electron chi connectivity index (χ0n) is 11.9. The molecule has 1 unspecified atom stereocenters. The van der Waals surface area contributed by atoms with E-state index in [1.807, 2.05) is 24.3 Å². The van der Waals surface area contributed by atoms with Crippen molar-refractivity contribution in [3.63, 3.8) is 0 Å². The first kappa shape index (κ1) is 16.1. The highest BCUT2D eigenvalue weighted by Crippen LogP contribution is 2.30. The molecule has 0 aliphatic rings. The lowest BCUT2D eigenvalue weighted by molar-refractivity contribution is 0.529. The fourth-order valence-electron chi connectivity index (χ4n) is 2.25. The van der Waals surface area contributed by atoms with Gasteiger partial charge in [0.1, 0.15) is 0 Å². The minimum absolute atomic E-state index is 0.0380. The average Bonchev–Trinajstić information content (AvgIpc) is 2.47. The number of nitrogens with zero attached hydrogens (tertiary/aromatic N) is 1. The van der Waals surface area contributed by atoms with Crippen molar-refractivity contribution < 1.29 is 0 Å². The molecule has 0 spiro atoms. The molecule has 0 amide bonds. The summed E-state index contributed by atoms with van der Waals surface area (Å²) in [5, 5.41) is 4.84. The quantitative estimate of drug-likeness (QED) is 0.835. The number of hydrogen-bond acceptors (Lipinski definition) is 3. The second-order valence-electron chi connectivity index (χ2n) is 4.92. The molecule has 5 heteroatoms. The molecule has 0 fully saturated rings. The minimum atomic E-state index is 0.0380. The number of halogens is 2. The van der Waals surface area contributed by atoms with E-state index in [0.717, 1.165) is 29.8 Å². The van der Waals surface area contributed by atoms with Crippen LogP contribution in [0.15, 0.2) is 36.7 Å². The summed E-state index contributed by atoms with van der Waals surface area (Å²) < 4.78 is 0. The zero-order valence-corrected chi connectivity index (χ0v) is 13.5. The number of rotatable bonds is 6. The molecule has 2 aromatic rings. The van der Waals surface area contributed by atoms with Gasteiger partial charge in [-0.25, -0.2) is 0 Å². The smallest absolute Gasteiger partial charge is 0.0453 e. The van der Waals surface area contributed by atoms with Gasteiger partial charge in [-0.1, -0.05) is 36.2 Å². The number of anilines is 1. The fraction of sp³-hybridized carbons (Fsp3) is 0.312. The summed E-state index contributed by atoms with van der Waals surface area (Å²) in [6.07, 6.45) is 5.20. The van der Waals surface area contributed by atoms with Gasteiger partial charge >= 0.3 is 0 Å². The molecule has 0 aliphatic heterocycles. The summed E-state index contributed by atoms with van der Waals surface area (Å²) in [6, 6.07) is 7.40. The van der Waals surface area contributed by atoms with Crippen LogP contribution >= 0.6 is 23.2 Å². The van der Waals surface area contributed by atoms with Crippen LogP contribution in [0, 0.1) is 0 Å². The Bertz CT molecular complexity index is 582. The number of benzene rings is 1. The van der Waals surface area contributed by atoms with Crippen LogP contribution in [0.5, 0.6) is 0 Å². The first-order chi connectivity index (χ1) is 10.1. The lowest BCUT2D eigenvalue weighted by atomic mass is 9.98. The summed E-state index contributed by atoms with van der Waals surface area (Å²) >= 11 is 12.6. The Morgan fingerprint density at radius 2 is 1.95 bits per heavy atom. The predicted octanol–water partition coefficient (Wildman–Crippen LogP) is 4.25. The summed E-state index contributed by atoms with van der Waals surface area (Å²) in [4.78, 5) is 4.17. The second kappa shape index (κ2) is 7.64. The largest absolute Gasteiger partial charge is 0.398 e. The molecule has 0 saturated carbocycles. The standard InChI is InChI=1S/C16H19Cl2N3/c1-2-7-21-16(12-10-20-8-6-15(12)19)9-11-13(17)4-3-5-14(11)18/h3-6,8,10,16,21H,2,7,9H2,1H3,(H2,19,20). The molecule has 0 radical (unpaired) electrons. The van der Waals surface area contributed by atoms with Crippen LogP contribution in [0.1, 0.15) is 30.5 Å². The highest BCUT2D eigenvalue weighted by Gasteiger charge is 2.17. The van der Waals surface area contributed by atoms with E-state index in [1.165, 1.54) is 0 Å². The van der Waals surface area contributed by atoms with Gasteiger partial charge in [-0.05, 0) is 43.1 Å². The van der Waals surface area contributed by atoms with Gasteiger partial charge in [0.2, 0.25) is 0 Å². The van der Waals surface area contributed by atoms with E-state index in [1.54, 1.807) is 12.4 Å². The van der Waals surface area contributed by atoms with Crippen LogP contribution in [0.4, 0.5) is 5.69 Å². The lowest BCUT2D eigenvalue weighted by Gasteiger charge is -2.21. The number of aromatic nitrogens is 1. The molecule has 1 aromatic heterocycles. The molecule has 3 nitrogen and oxygen atoms in total. The van der Waals surface area contributed by atoms with Crippen LogP contribution in [-0.2, 0) is 6.42 Å². The maximum absolute atomic E-state index is 6.28. The van der Waals surface area contributed by atoms with E-state index in [2.05, 4.69) is 17.2 Å². The first-order valence-electron chi connectivity index (χ1n) is 6.99. The predicted molar refractivity (Wildman–Crippen MR) is 89.9 cm³/mol. The van der Waals surface area contributed by atoms with Crippen molar-refractivity contribution in [2.45, 2.75) is 25.8 Å². The van der Waals surface area contributed by atoms with E-state index < -0.39 is 0 Å². The molecule has 0 saturated heterocycles. The van der Waals surface area contributed by atoms with E-state index in [9.17, 15) is 0 Å². The van der Waals surface area contributed by atoms with Crippen LogP contribution < -0.4 is 11.1 Å². The Hall–Kier alpha value is -1.29. The number of nitrogens with one attached hydrogen (secondary N) is 1. The Morgan fingerprint density at radius 1 is 1.24 bits per heavy atom. The maximum Gasteiger partial charge on any atom is 0.0453 e. The average molecular weight is 324 g/mol. The van der Waals surface area contributed by atoms with Crippen LogP contribution in [0.3, 0.4) is 0 Å². The lowest BCUT2D eigenvalue weighted by Crippen LogP contribution is -2.25. The Balaban J connectivity index is 2.31. The molecule has 1 aromatic carbocycles. The minimum Gasteiger partial charge on any atom is -0.398 e. The van der Waals surface area contributed by atoms with E-state index in [0.29, 0.717) is 16.5 Å². The highest BCUT2D eigenvalue weighted by molar-refractivity contribution is 6.36. The number of pyridine rings is 1. The Morgan fingerprint density at radius 3 is 2.57 bits per heavy atom. The molecule has 112 valence electrons. The van der Waals surface area contributed by atoms with Gasteiger partial charge in [-0.3, -0.25) is 4.98 Å². The van der Waals surface area contributed by atoms with Gasteiger partial charge in [0.15, 0.2) is 0 Å². The third-order valence-corrected chi connectivity index (χ3v) is 4.08. The molecule has 0 bridgehead atoms. The molecule has 2 rings (SSSR count). The van der Waals surface area contributed by atoms with Crippen molar-refractivity contribution in [2.75, 3.05) is 12.3 Å². The molecule has 1 heterocycles. The van der Waals surface area contributed by atoms with Crippen molar-refractivity contribution in [1.82, 2.24) is 10.3 Å². The van der Waals surface area contributed by atoms with Gasteiger partial charge in [0, 0.05) is 39.7 Å². The van der Waals surface area contributed by atoms with Crippen molar-refractivity contribution in [2.24, 2.45) is 0 Å². The van der Waals surface area contributed by atoms with Gasteiger partial charge < -0.3 is 11.1 Å². The Kier molecular flexibility index (Phi) is 5.85. The molecular weight excluding hydrogens is 305 g/mol. The summed E-state index contributed by atoms with van der Waals surface area (Å²) in [6.45, 7) is 3.01. The maximum atomic E-state index is 6.28.